The Morgan fingerprint density at radius 1 is 1.14 bits per heavy atom. The average molecular weight is 483 g/mol. The van der Waals surface area contributed by atoms with Gasteiger partial charge in [-0.1, -0.05) is 39.8 Å². The van der Waals surface area contributed by atoms with E-state index in [-0.39, 0.29) is 40.9 Å². The SMILES string of the molecule is O=C(Cc1ccc(F)cc1)N=C1S[C@@H]2CS(=O)(=O)C[C@@H]2N1c1ccc(Br)cc1. The smallest absolute Gasteiger partial charge is 0.252 e. The van der Waals surface area contributed by atoms with Crippen LogP contribution in [0.25, 0.3) is 0 Å². The summed E-state index contributed by atoms with van der Waals surface area (Å²) in [7, 11) is -3.11. The Morgan fingerprint density at radius 3 is 2.50 bits per heavy atom. The number of thioether (sulfide) groups is 1. The molecule has 1 amide bonds. The van der Waals surface area contributed by atoms with Gasteiger partial charge in [-0.25, -0.2) is 12.8 Å². The molecule has 2 saturated heterocycles. The fourth-order valence-corrected chi connectivity index (χ4v) is 7.59. The Kier molecular flexibility index (Phi) is 5.32. The number of carbonyl (C=O) groups excluding carboxylic acids is 1. The molecule has 0 aromatic heterocycles. The standard InChI is InChI=1S/C19H16BrFN2O3S2/c20-13-3-7-15(8-4-13)23-16-10-28(25,26)11-17(16)27-19(23)22-18(24)9-12-1-5-14(21)6-2-12/h1-8,16-17H,9-11H2/t16-,17+/m0/s1. The molecule has 2 aliphatic rings. The van der Waals surface area contributed by atoms with Crippen molar-refractivity contribution < 1.29 is 17.6 Å². The zero-order chi connectivity index (χ0) is 19.9. The van der Waals surface area contributed by atoms with Gasteiger partial charge in [0.15, 0.2) is 15.0 Å². The first-order valence-corrected chi connectivity index (χ1v) is 12.1. The number of hydrogen-bond acceptors (Lipinski definition) is 4. The first-order chi connectivity index (χ1) is 13.3. The molecule has 0 unspecified atom stereocenters. The summed E-state index contributed by atoms with van der Waals surface area (Å²) in [6.45, 7) is 0. The zero-order valence-electron chi connectivity index (χ0n) is 14.6. The van der Waals surface area contributed by atoms with E-state index in [9.17, 15) is 17.6 Å². The molecule has 0 bridgehead atoms. The van der Waals surface area contributed by atoms with E-state index in [2.05, 4.69) is 20.9 Å². The van der Waals surface area contributed by atoms with Crippen molar-refractivity contribution in [1.29, 1.82) is 0 Å². The second-order valence-corrected chi connectivity index (χ2v) is 11.0. The van der Waals surface area contributed by atoms with Crippen LogP contribution >= 0.6 is 27.7 Å². The number of nitrogens with zero attached hydrogens (tertiary/aromatic N) is 2. The number of sulfone groups is 1. The lowest BCUT2D eigenvalue weighted by atomic mass is 10.1. The van der Waals surface area contributed by atoms with Crippen molar-refractivity contribution in [2.45, 2.75) is 17.7 Å². The van der Waals surface area contributed by atoms with Gasteiger partial charge in [0.2, 0.25) is 0 Å². The van der Waals surface area contributed by atoms with Crippen molar-refractivity contribution in [3.05, 3.63) is 64.4 Å². The van der Waals surface area contributed by atoms with Crippen LogP contribution in [-0.2, 0) is 21.1 Å². The highest BCUT2D eigenvalue weighted by molar-refractivity contribution is 9.10. The van der Waals surface area contributed by atoms with Crippen LogP contribution in [0.1, 0.15) is 5.56 Å². The number of rotatable bonds is 3. The average Bonchev–Trinajstić information content (AvgIpc) is 3.09. The summed E-state index contributed by atoms with van der Waals surface area (Å²) in [5, 5.41) is 0.366. The van der Waals surface area contributed by atoms with E-state index in [1.807, 2.05) is 29.2 Å². The minimum Gasteiger partial charge on any atom is -0.316 e. The summed E-state index contributed by atoms with van der Waals surface area (Å²) >= 11 is 4.73. The third-order valence-corrected chi connectivity index (χ3v) is 8.40. The Morgan fingerprint density at radius 2 is 1.82 bits per heavy atom. The molecule has 146 valence electrons. The quantitative estimate of drug-likeness (QED) is 0.670. The molecule has 2 aromatic carbocycles. The zero-order valence-corrected chi connectivity index (χ0v) is 17.8. The Hall–Kier alpha value is -1.71. The maximum atomic E-state index is 13.0. The van der Waals surface area contributed by atoms with Gasteiger partial charge in [0.1, 0.15) is 5.82 Å². The largest absolute Gasteiger partial charge is 0.316 e. The number of carbonyl (C=O) groups is 1. The number of amidine groups is 1. The van der Waals surface area contributed by atoms with Gasteiger partial charge in [0.25, 0.3) is 5.91 Å². The summed E-state index contributed by atoms with van der Waals surface area (Å²) in [4.78, 5) is 18.6. The molecule has 4 rings (SSSR count). The molecular formula is C19H16BrFN2O3S2. The highest BCUT2D eigenvalue weighted by Gasteiger charge is 2.49. The minimum absolute atomic E-state index is 0.0475. The number of benzene rings is 2. The summed E-state index contributed by atoms with van der Waals surface area (Å²) in [6.07, 6.45) is 0.0617. The van der Waals surface area contributed by atoms with Gasteiger partial charge in [-0.15, -0.1) is 0 Å². The molecule has 0 radical (unpaired) electrons. The van der Waals surface area contributed by atoms with E-state index in [0.717, 1.165) is 10.2 Å². The molecule has 9 heteroatoms. The molecule has 2 heterocycles. The lowest BCUT2D eigenvalue weighted by molar-refractivity contribution is -0.117. The first-order valence-electron chi connectivity index (χ1n) is 8.58. The molecule has 0 spiro atoms. The fraction of sp³-hybridized carbons (Fsp3) is 0.263. The van der Waals surface area contributed by atoms with Crippen molar-refractivity contribution in [2.24, 2.45) is 4.99 Å². The van der Waals surface area contributed by atoms with E-state index < -0.39 is 9.84 Å². The molecule has 2 fully saturated rings. The van der Waals surface area contributed by atoms with Gasteiger partial charge in [-0.3, -0.25) is 4.79 Å². The summed E-state index contributed by atoms with van der Waals surface area (Å²) < 4.78 is 38.1. The van der Waals surface area contributed by atoms with Crippen LogP contribution < -0.4 is 4.90 Å². The normalized spacial score (nSPS) is 24.5. The van der Waals surface area contributed by atoms with E-state index in [4.69, 9.17) is 0 Å². The van der Waals surface area contributed by atoms with Crippen molar-refractivity contribution >= 4 is 54.3 Å². The van der Waals surface area contributed by atoms with Gasteiger partial charge in [0, 0.05) is 15.4 Å². The number of anilines is 1. The second-order valence-electron chi connectivity index (χ2n) is 6.74. The molecule has 28 heavy (non-hydrogen) atoms. The minimum atomic E-state index is -3.11. The van der Waals surface area contributed by atoms with Crippen LogP contribution in [-0.4, -0.2) is 42.3 Å². The van der Waals surface area contributed by atoms with Crippen LogP contribution in [0, 0.1) is 5.82 Å². The number of fused-ring (bicyclic) bond motifs is 1. The maximum Gasteiger partial charge on any atom is 0.252 e. The predicted molar refractivity (Wildman–Crippen MR) is 113 cm³/mol. The molecule has 2 aromatic rings. The monoisotopic (exact) mass is 482 g/mol. The first kappa shape index (κ1) is 19.6. The van der Waals surface area contributed by atoms with Gasteiger partial charge < -0.3 is 4.90 Å². The van der Waals surface area contributed by atoms with E-state index in [1.54, 1.807) is 12.1 Å². The van der Waals surface area contributed by atoms with E-state index in [0.29, 0.717) is 10.7 Å². The number of hydrogen-bond donors (Lipinski definition) is 0. The van der Waals surface area contributed by atoms with Crippen molar-refractivity contribution in [2.75, 3.05) is 16.4 Å². The number of halogens is 2. The summed E-state index contributed by atoms with van der Waals surface area (Å²) in [5.74, 6) is -0.574. The Bertz CT molecular complexity index is 1040. The molecule has 0 aliphatic carbocycles. The van der Waals surface area contributed by atoms with Crippen LogP contribution in [0.2, 0.25) is 0 Å². The number of aliphatic imine (C=N–C) groups is 1. The summed E-state index contributed by atoms with van der Waals surface area (Å²) in [5.41, 5.74) is 1.48. The lowest BCUT2D eigenvalue weighted by Crippen LogP contribution is -2.37. The second kappa shape index (κ2) is 7.61. The van der Waals surface area contributed by atoms with Gasteiger partial charge in [-0.2, -0.15) is 4.99 Å². The Balaban J connectivity index is 1.62. The maximum absolute atomic E-state index is 13.0. The van der Waals surface area contributed by atoms with Crippen molar-refractivity contribution in [3.63, 3.8) is 0 Å². The molecule has 0 N–H and O–H groups in total. The number of amides is 1. The van der Waals surface area contributed by atoms with Gasteiger partial charge >= 0.3 is 0 Å². The van der Waals surface area contributed by atoms with Gasteiger partial charge in [-0.05, 0) is 42.0 Å². The third-order valence-electron chi connectivity index (χ3n) is 4.66. The molecule has 2 atom stereocenters. The van der Waals surface area contributed by atoms with E-state index >= 15 is 0 Å². The highest BCUT2D eigenvalue weighted by Crippen LogP contribution is 2.41. The lowest BCUT2D eigenvalue weighted by Gasteiger charge is -2.24. The van der Waals surface area contributed by atoms with Gasteiger partial charge in [0.05, 0.1) is 24.0 Å². The topological polar surface area (TPSA) is 66.8 Å². The van der Waals surface area contributed by atoms with Crippen LogP contribution in [0.5, 0.6) is 0 Å². The molecular weight excluding hydrogens is 467 g/mol. The summed E-state index contributed by atoms with van der Waals surface area (Å²) in [6, 6.07) is 13.0. The van der Waals surface area contributed by atoms with E-state index in [1.165, 1.54) is 23.9 Å². The van der Waals surface area contributed by atoms with Crippen molar-refractivity contribution in [3.8, 4) is 0 Å². The van der Waals surface area contributed by atoms with Crippen LogP contribution in [0.4, 0.5) is 10.1 Å². The predicted octanol–water partition coefficient (Wildman–Crippen LogP) is 3.43. The molecule has 2 aliphatic heterocycles. The van der Waals surface area contributed by atoms with Crippen LogP contribution in [0.15, 0.2) is 58.0 Å². The molecule has 5 nitrogen and oxygen atoms in total. The Labute approximate surface area is 175 Å². The highest BCUT2D eigenvalue weighted by atomic mass is 79.9. The molecule has 0 saturated carbocycles. The fourth-order valence-electron chi connectivity index (χ4n) is 3.39. The van der Waals surface area contributed by atoms with Crippen molar-refractivity contribution in [1.82, 2.24) is 0 Å². The third kappa shape index (κ3) is 4.16. The van der Waals surface area contributed by atoms with Crippen LogP contribution in [0.3, 0.4) is 0 Å².